The summed E-state index contributed by atoms with van der Waals surface area (Å²) in [7, 11) is 0. The Balaban J connectivity index is 1.63. The van der Waals surface area contributed by atoms with Crippen LogP contribution >= 0.6 is 11.3 Å². The lowest BCUT2D eigenvalue weighted by molar-refractivity contribution is 0.0169. The molecule has 6 heteroatoms. The van der Waals surface area contributed by atoms with Crippen LogP contribution in [-0.2, 0) is 4.74 Å². The summed E-state index contributed by atoms with van der Waals surface area (Å²) in [6.07, 6.45) is 0. The number of morpholine rings is 1. The highest BCUT2D eigenvalue weighted by atomic mass is 32.1. The summed E-state index contributed by atoms with van der Waals surface area (Å²) in [5, 5.41) is 5.19. The second-order valence-corrected chi connectivity index (χ2v) is 8.10. The molecule has 0 saturated carbocycles. The van der Waals surface area contributed by atoms with Crippen LogP contribution in [0.2, 0.25) is 0 Å². The molecule has 1 N–H and O–H groups in total. The predicted octanol–water partition coefficient (Wildman–Crippen LogP) is 3.59. The summed E-state index contributed by atoms with van der Waals surface area (Å²) in [5.41, 5.74) is 0.628. The second-order valence-electron chi connectivity index (χ2n) is 7.12. The van der Waals surface area contributed by atoms with Crippen LogP contribution in [0, 0.1) is 5.92 Å². The minimum atomic E-state index is -0.0696. The molecular weight excluding hydrogens is 360 g/mol. The van der Waals surface area contributed by atoms with Gasteiger partial charge in [-0.15, -0.1) is 11.3 Å². The molecule has 0 aliphatic carbocycles. The van der Waals surface area contributed by atoms with Crippen molar-refractivity contribution in [3.63, 3.8) is 0 Å². The molecule has 1 saturated heterocycles. The highest BCUT2D eigenvalue weighted by Gasteiger charge is 2.24. The van der Waals surface area contributed by atoms with Gasteiger partial charge in [-0.3, -0.25) is 9.69 Å². The van der Waals surface area contributed by atoms with Gasteiger partial charge in [0.05, 0.1) is 25.9 Å². The van der Waals surface area contributed by atoms with E-state index in [1.807, 2.05) is 24.3 Å². The number of benzene rings is 1. The highest BCUT2D eigenvalue weighted by Crippen LogP contribution is 2.25. The molecule has 1 aliphatic rings. The third-order valence-electron chi connectivity index (χ3n) is 4.49. The first kappa shape index (κ1) is 19.9. The van der Waals surface area contributed by atoms with Gasteiger partial charge in [-0.2, -0.15) is 0 Å². The van der Waals surface area contributed by atoms with Gasteiger partial charge in [0.25, 0.3) is 5.91 Å². The van der Waals surface area contributed by atoms with Crippen LogP contribution in [-0.4, -0.2) is 50.3 Å². The monoisotopic (exact) mass is 388 g/mol. The lowest BCUT2D eigenvalue weighted by Crippen LogP contribution is -2.43. The fourth-order valence-electron chi connectivity index (χ4n) is 3.06. The molecule has 1 aromatic carbocycles. The topological polar surface area (TPSA) is 50.8 Å². The van der Waals surface area contributed by atoms with Crippen LogP contribution in [0.4, 0.5) is 0 Å². The Morgan fingerprint density at radius 2 is 2.07 bits per heavy atom. The molecule has 2 aromatic rings. The van der Waals surface area contributed by atoms with Crippen LogP contribution in [0.25, 0.3) is 0 Å². The number of nitrogens with zero attached hydrogens (tertiary/aromatic N) is 1. The average molecular weight is 389 g/mol. The van der Waals surface area contributed by atoms with Crippen LogP contribution in [0.3, 0.4) is 0 Å². The van der Waals surface area contributed by atoms with Crippen molar-refractivity contribution >= 4 is 17.2 Å². The molecule has 0 bridgehead atoms. The quantitative estimate of drug-likeness (QED) is 0.751. The molecule has 0 spiro atoms. The fraction of sp³-hybridized carbons (Fsp3) is 0.476. The van der Waals surface area contributed by atoms with Gasteiger partial charge in [-0.25, -0.2) is 0 Å². The lowest BCUT2D eigenvalue weighted by atomic mass is 10.1. The number of amides is 1. The molecule has 27 heavy (non-hydrogen) atoms. The Morgan fingerprint density at radius 1 is 1.26 bits per heavy atom. The zero-order valence-electron chi connectivity index (χ0n) is 16.0. The van der Waals surface area contributed by atoms with Crippen molar-refractivity contribution in [3.05, 3.63) is 52.2 Å². The van der Waals surface area contributed by atoms with E-state index in [4.69, 9.17) is 9.47 Å². The van der Waals surface area contributed by atoms with E-state index in [0.29, 0.717) is 24.6 Å². The molecule has 146 valence electrons. The molecule has 3 rings (SSSR count). The molecule has 5 nitrogen and oxygen atoms in total. The molecule has 1 atom stereocenters. The van der Waals surface area contributed by atoms with Gasteiger partial charge >= 0.3 is 0 Å². The Hall–Kier alpha value is -1.89. The summed E-state index contributed by atoms with van der Waals surface area (Å²) in [4.78, 5) is 16.3. The third kappa shape index (κ3) is 5.79. The van der Waals surface area contributed by atoms with Crippen molar-refractivity contribution in [2.24, 2.45) is 5.92 Å². The highest BCUT2D eigenvalue weighted by molar-refractivity contribution is 7.10. The fourth-order valence-corrected chi connectivity index (χ4v) is 3.92. The lowest BCUT2D eigenvalue weighted by Gasteiger charge is -2.34. The Kier molecular flexibility index (Phi) is 7.26. The SMILES string of the molecule is CC(C)COc1cccc(C(=O)NCC(c2cccs2)N2CCOCC2)c1. The largest absolute Gasteiger partial charge is 0.493 e. The maximum absolute atomic E-state index is 12.7. The first-order valence-electron chi connectivity index (χ1n) is 9.49. The molecule has 1 amide bonds. The number of carbonyl (C=O) groups is 1. The molecule has 1 aliphatic heterocycles. The number of thiophene rings is 1. The number of hydrogen-bond acceptors (Lipinski definition) is 5. The first-order chi connectivity index (χ1) is 13.1. The van der Waals surface area contributed by atoms with E-state index in [2.05, 4.69) is 41.6 Å². The molecule has 2 heterocycles. The summed E-state index contributed by atoms with van der Waals surface area (Å²) in [5.74, 6) is 1.11. The van der Waals surface area contributed by atoms with Crippen molar-refractivity contribution in [1.29, 1.82) is 0 Å². The Bertz CT molecular complexity index is 712. The second kappa shape index (κ2) is 9.88. The van der Waals surface area contributed by atoms with E-state index in [-0.39, 0.29) is 11.9 Å². The maximum atomic E-state index is 12.7. The van der Waals surface area contributed by atoms with E-state index in [9.17, 15) is 4.79 Å². The Labute approximate surface area is 165 Å². The summed E-state index contributed by atoms with van der Waals surface area (Å²) in [6.45, 7) is 8.68. The molecule has 1 aromatic heterocycles. The van der Waals surface area contributed by atoms with E-state index < -0.39 is 0 Å². The number of rotatable bonds is 8. The van der Waals surface area contributed by atoms with Crippen LogP contribution in [0.15, 0.2) is 41.8 Å². The van der Waals surface area contributed by atoms with E-state index in [0.717, 1.165) is 32.1 Å². The zero-order chi connectivity index (χ0) is 19.1. The van der Waals surface area contributed by atoms with Gasteiger partial charge in [-0.05, 0) is 35.6 Å². The van der Waals surface area contributed by atoms with Crippen molar-refractivity contribution in [1.82, 2.24) is 10.2 Å². The van der Waals surface area contributed by atoms with E-state index in [1.165, 1.54) is 4.88 Å². The van der Waals surface area contributed by atoms with Gasteiger partial charge in [0.15, 0.2) is 0 Å². The smallest absolute Gasteiger partial charge is 0.251 e. The zero-order valence-corrected chi connectivity index (χ0v) is 16.8. The van der Waals surface area contributed by atoms with Crippen LogP contribution in [0.5, 0.6) is 5.75 Å². The summed E-state index contributed by atoms with van der Waals surface area (Å²) < 4.78 is 11.2. The minimum Gasteiger partial charge on any atom is -0.493 e. The van der Waals surface area contributed by atoms with Crippen molar-refractivity contribution in [2.75, 3.05) is 39.5 Å². The molecule has 0 radical (unpaired) electrons. The van der Waals surface area contributed by atoms with E-state index >= 15 is 0 Å². The molecule has 1 unspecified atom stereocenters. The number of ether oxygens (including phenoxy) is 2. The molecular formula is C21H28N2O3S. The van der Waals surface area contributed by atoms with Crippen molar-refractivity contribution in [2.45, 2.75) is 19.9 Å². The van der Waals surface area contributed by atoms with Crippen molar-refractivity contribution in [3.8, 4) is 5.75 Å². The van der Waals surface area contributed by atoms with Gasteiger partial charge < -0.3 is 14.8 Å². The van der Waals surface area contributed by atoms with Gasteiger partial charge in [0.1, 0.15) is 5.75 Å². The minimum absolute atomic E-state index is 0.0696. The Morgan fingerprint density at radius 3 is 2.78 bits per heavy atom. The van der Waals surface area contributed by atoms with Gasteiger partial charge in [0.2, 0.25) is 0 Å². The van der Waals surface area contributed by atoms with E-state index in [1.54, 1.807) is 11.3 Å². The standard InChI is InChI=1S/C21H28N2O3S/c1-16(2)15-26-18-6-3-5-17(13-18)21(24)22-14-19(20-7-4-12-27-20)23-8-10-25-11-9-23/h3-7,12-13,16,19H,8-11,14-15H2,1-2H3,(H,22,24). The van der Waals surface area contributed by atoms with Crippen LogP contribution in [0.1, 0.15) is 35.1 Å². The number of carbonyl (C=O) groups excluding carboxylic acids is 1. The normalized spacial score (nSPS) is 16.3. The summed E-state index contributed by atoms with van der Waals surface area (Å²) in [6, 6.07) is 11.8. The molecule has 1 fully saturated rings. The predicted molar refractivity (Wildman–Crippen MR) is 109 cm³/mol. The summed E-state index contributed by atoms with van der Waals surface area (Å²) >= 11 is 1.73. The van der Waals surface area contributed by atoms with Gasteiger partial charge in [-0.1, -0.05) is 26.0 Å². The van der Waals surface area contributed by atoms with Gasteiger partial charge in [0, 0.05) is 30.1 Å². The maximum Gasteiger partial charge on any atom is 0.251 e. The first-order valence-corrected chi connectivity index (χ1v) is 10.4. The van der Waals surface area contributed by atoms with Crippen LogP contribution < -0.4 is 10.1 Å². The van der Waals surface area contributed by atoms with Crippen molar-refractivity contribution < 1.29 is 14.3 Å². The average Bonchev–Trinajstić information content (AvgIpc) is 3.22. The number of hydrogen-bond donors (Lipinski definition) is 1. The number of nitrogens with one attached hydrogen (secondary N) is 1. The third-order valence-corrected chi connectivity index (χ3v) is 5.47.